The number of esters is 2. The van der Waals surface area contributed by atoms with Gasteiger partial charge in [0.25, 0.3) is 0 Å². The molecule has 170 valence electrons. The van der Waals surface area contributed by atoms with Gasteiger partial charge in [0.15, 0.2) is 5.00 Å². The number of phenols is 1. The van der Waals surface area contributed by atoms with Gasteiger partial charge < -0.3 is 19.5 Å². The van der Waals surface area contributed by atoms with E-state index in [1.165, 1.54) is 0 Å². The highest BCUT2D eigenvalue weighted by Gasteiger charge is 2.29. The molecule has 9 heteroatoms. The number of anilines is 1. The highest BCUT2D eigenvalue weighted by atomic mass is 32.1. The predicted octanol–water partition coefficient (Wildman–Crippen LogP) is 5.23. The van der Waals surface area contributed by atoms with Crippen molar-refractivity contribution < 1.29 is 24.2 Å². The van der Waals surface area contributed by atoms with E-state index in [0.29, 0.717) is 16.1 Å². The first kappa shape index (κ1) is 22.3. The molecule has 0 radical (unpaired) electrons. The minimum Gasteiger partial charge on any atom is -0.505 e. The lowest BCUT2D eigenvalue weighted by Crippen LogP contribution is -2.34. The molecule has 2 aliphatic heterocycles. The molecule has 1 N–H and O–H groups in total. The van der Waals surface area contributed by atoms with Crippen LogP contribution in [0.4, 0.5) is 16.4 Å². The third-order valence-electron chi connectivity index (χ3n) is 5.79. The van der Waals surface area contributed by atoms with E-state index < -0.39 is 11.9 Å². The Morgan fingerprint density at radius 2 is 1.78 bits per heavy atom. The Hall–Kier alpha value is -2.94. The SMILES string of the molecule is CCOC(=O)c1sc(N=Nc2cc3c4c(c2O)CCCN4CCC3)c(C(=O)OCC)c1C. The number of rotatable bonds is 6. The monoisotopic (exact) mass is 457 g/mol. The van der Waals surface area contributed by atoms with Crippen LogP contribution in [0.5, 0.6) is 5.75 Å². The van der Waals surface area contributed by atoms with Gasteiger partial charge in [0.05, 0.1) is 13.2 Å². The van der Waals surface area contributed by atoms with E-state index in [-0.39, 0.29) is 29.5 Å². The molecule has 0 amide bonds. The maximum Gasteiger partial charge on any atom is 0.348 e. The van der Waals surface area contributed by atoms with Crippen molar-refractivity contribution >= 4 is 39.7 Å². The van der Waals surface area contributed by atoms with E-state index in [0.717, 1.165) is 66.9 Å². The van der Waals surface area contributed by atoms with Gasteiger partial charge in [0.1, 0.15) is 21.9 Å². The number of aromatic hydroxyl groups is 1. The average molecular weight is 458 g/mol. The molecule has 4 rings (SSSR count). The summed E-state index contributed by atoms with van der Waals surface area (Å²) in [6.45, 7) is 7.55. The topological polar surface area (TPSA) is 101 Å². The Morgan fingerprint density at radius 1 is 1.09 bits per heavy atom. The molecule has 0 spiro atoms. The quantitative estimate of drug-likeness (QED) is 0.471. The zero-order valence-corrected chi connectivity index (χ0v) is 19.4. The molecule has 2 aliphatic rings. The summed E-state index contributed by atoms with van der Waals surface area (Å²) >= 11 is 1.04. The Bertz CT molecular complexity index is 1090. The smallest absolute Gasteiger partial charge is 0.348 e. The second kappa shape index (κ2) is 9.28. The van der Waals surface area contributed by atoms with Crippen LogP contribution in [0, 0.1) is 6.92 Å². The Labute approximate surface area is 190 Å². The van der Waals surface area contributed by atoms with Gasteiger partial charge in [-0.3, -0.25) is 0 Å². The van der Waals surface area contributed by atoms with Crippen LogP contribution >= 0.6 is 11.3 Å². The number of nitrogens with zero attached hydrogens (tertiary/aromatic N) is 3. The van der Waals surface area contributed by atoms with Crippen LogP contribution in [0.25, 0.3) is 0 Å². The maximum atomic E-state index is 12.6. The molecule has 2 aromatic rings. The number of hydrogen-bond donors (Lipinski definition) is 1. The first-order valence-electron chi connectivity index (χ1n) is 11.0. The predicted molar refractivity (Wildman–Crippen MR) is 122 cm³/mol. The molecule has 0 aliphatic carbocycles. The number of benzene rings is 1. The second-order valence-electron chi connectivity index (χ2n) is 7.80. The van der Waals surface area contributed by atoms with Gasteiger partial charge in [-0.25, -0.2) is 9.59 Å². The van der Waals surface area contributed by atoms with Gasteiger partial charge in [-0.1, -0.05) is 0 Å². The van der Waals surface area contributed by atoms with Gasteiger partial charge in [-0.2, -0.15) is 0 Å². The minimum atomic E-state index is -0.564. The Kier molecular flexibility index (Phi) is 6.45. The Balaban J connectivity index is 1.76. The van der Waals surface area contributed by atoms with Gasteiger partial charge in [0.2, 0.25) is 0 Å². The zero-order chi connectivity index (χ0) is 22.8. The standard InChI is InChI=1S/C23H27N3O5S/c1-4-30-22(28)17-13(3)20(23(29)31-5-2)32-21(17)25-24-16-12-14-8-6-10-26-11-7-9-15(18(14)26)19(16)27/h12,27H,4-11H2,1-3H3. The van der Waals surface area contributed by atoms with Crippen molar-refractivity contribution in [2.24, 2.45) is 10.2 Å². The number of carbonyl (C=O) groups is 2. The van der Waals surface area contributed by atoms with Crippen LogP contribution < -0.4 is 4.90 Å². The van der Waals surface area contributed by atoms with Crippen molar-refractivity contribution in [1.82, 2.24) is 0 Å². The number of carbonyl (C=O) groups excluding carboxylic acids is 2. The molecular formula is C23H27N3O5S. The summed E-state index contributed by atoms with van der Waals surface area (Å²) < 4.78 is 10.3. The van der Waals surface area contributed by atoms with E-state index >= 15 is 0 Å². The van der Waals surface area contributed by atoms with Gasteiger partial charge in [-0.15, -0.1) is 21.6 Å². The van der Waals surface area contributed by atoms with Crippen molar-refractivity contribution in [3.8, 4) is 5.75 Å². The van der Waals surface area contributed by atoms with Crippen LogP contribution in [-0.2, 0) is 22.3 Å². The highest BCUT2D eigenvalue weighted by Crippen LogP contribution is 2.46. The molecule has 0 unspecified atom stereocenters. The third-order valence-corrected chi connectivity index (χ3v) is 6.95. The van der Waals surface area contributed by atoms with E-state index in [2.05, 4.69) is 15.1 Å². The number of ether oxygens (including phenoxy) is 2. The fraction of sp³-hybridized carbons (Fsp3) is 0.478. The molecule has 0 atom stereocenters. The lowest BCUT2D eigenvalue weighted by molar-refractivity contribution is 0.0527. The highest BCUT2D eigenvalue weighted by molar-refractivity contribution is 7.18. The lowest BCUT2D eigenvalue weighted by atomic mass is 9.90. The normalized spacial score (nSPS) is 15.0. The van der Waals surface area contributed by atoms with Crippen molar-refractivity contribution in [2.45, 2.75) is 46.5 Å². The number of hydrogen-bond acceptors (Lipinski definition) is 9. The average Bonchev–Trinajstić information content (AvgIpc) is 3.12. The number of phenolic OH excluding ortho intramolecular Hbond substituents is 1. The number of aryl methyl sites for hydroxylation is 1. The molecule has 3 heterocycles. The number of azo groups is 1. The van der Waals surface area contributed by atoms with Crippen molar-refractivity contribution in [1.29, 1.82) is 0 Å². The molecule has 1 aromatic carbocycles. The van der Waals surface area contributed by atoms with E-state index in [1.807, 2.05) is 6.07 Å². The molecule has 1 aromatic heterocycles. The summed E-state index contributed by atoms with van der Waals surface area (Å²) in [5, 5.41) is 19.8. The van der Waals surface area contributed by atoms with Crippen LogP contribution in [0.2, 0.25) is 0 Å². The first-order valence-corrected chi connectivity index (χ1v) is 11.8. The van der Waals surface area contributed by atoms with Gasteiger partial charge in [-0.05, 0) is 63.6 Å². The Morgan fingerprint density at radius 3 is 2.50 bits per heavy atom. The fourth-order valence-electron chi connectivity index (χ4n) is 4.41. The lowest BCUT2D eigenvalue weighted by Gasteiger charge is -2.37. The summed E-state index contributed by atoms with van der Waals surface area (Å²) in [7, 11) is 0. The summed E-state index contributed by atoms with van der Waals surface area (Å²) in [5.41, 5.74) is 4.26. The van der Waals surface area contributed by atoms with Crippen LogP contribution in [-0.4, -0.2) is 43.3 Å². The van der Waals surface area contributed by atoms with Crippen molar-refractivity contribution in [3.63, 3.8) is 0 Å². The fourth-order valence-corrected chi connectivity index (χ4v) is 5.42. The number of thiophene rings is 1. The molecule has 0 bridgehead atoms. The van der Waals surface area contributed by atoms with Crippen LogP contribution in [0.3, 0.4) is 0 Å². The summed E-state index contributed by atoms with van der Waals surface area (Å²) in [6, 6.07) is 1.88. The van der Waals surface area contributed by atoms with Gasteiger partial charge in [0, 0.05) is 24.3 Å². The molecule has 0 fully saturated rings. The minimum absolute atomic E-state index is 0.135. The molecule has 8 nitrogen and oxygen atoms in total. The van der Waals surface area contributed by atoms with E-state index in [9.17, 15) is 14.7 Å². The van der Waals surface area contributed by atoms with Crippen LogP contribution in [0.15, 0.2) is 16.3 Å². The summed E-state index contributed by atoms with van der Waals surface area (Å²) in [6.07, 6.45) is 3.78. The third kappa shape index (κ3) is 3.97. The zero-order valence-electron chi connectivity index (χ0n) is 18.6. The first-order chi connectivity index (χ1) is 15.5. The summed E-state index contributed by atoms with van der Waals surface area (Å²) in [5.74, 6) is -0.940. The second-order valence-corrected chi connectivity index (χ2v) is 8.80. The van der Waals surface area contributed by atoms with Crippen molar-refractivity contribution in [2.75, 3.05) is 31.2 Å². The molecule has 32 heavy (non-hydrogen) atoms. The van der Waals surface area contributed by atoms with E-state index in [4.69, 9.17) is 9.47 Å². The van der Waals surface area contributed by atoms with E-state index in [1.54, 1.807) is 20.8 Å². The van der Waals surface area contributed by atoms with Gasteiger partial charge >= 0.3 is 11.9 Å². The molecule has 0 saturated carbocycles. The van der Waals surface area contributed by atoms with Crippen molar-refractivity contribution in [3.05, 3.63) is 33.2 Å². The molecular weight excluding hydrogens is 430 g/mol. The molecule has 0 saturated heterocycles. The maximum absolute atomic E-state index is 12.6. The largest absolute Gasteiger partial charge is 0.505 e. The van der Waals surface area contributed by atoms with Crippen LogP contribution in [0.1, 0.15) is 63.4 Å². The summed E-state index contributed by atoms with van der Waals surface area (Å²) in [4.78, 5) is 27.5.